The summed E-state index contributed by atoms with van der Waals surface area (Å²) in [5.74, 6) is 0.661. The lowest BCUT2D eigenvalue weighted by Crippen LogP contribution is -2.14. The molecular formula is C23H30O4. The summed E-state index contributed by atoms with van der Waals surface area (Å²) < 4.78 is 12.2. The molecular weight excluding hydrogens is 340 g/mol. The van der Waals surface area contributed by atoms with Crippen LogP contribution in [0.5, 0.6) is 11.5 Å². The smallest absolute Gasteiger partial charge is 0.335 e. The zero-order valence-corrected chi connectivity index (χ0v) is 16.5. The number of aromatic carboxylic acids is 1. The van der Waals surface area contributed by atoms with Gasteiger partial charge in [0.15, 0.2) is 0 Å². The SMILES string of the molecule is CCCCOc1cc(OC(CC)CCC)ccc1-c1ccc(C(=O)O)cc1. The Labute approximate surface area is 162 Å². The number of hydrogen-bond acceptors (Lipinski definition) is 3. The number of ether oxygens (including phenoxy) is 2. The molecule has 0 saturated heterocycles. The molecule has 0 radical (unpaired) electrons. The highest BCUT2D eigenvalue weighted by Gasteiger charge is 2.13. The van der Waals surface area contributed by atoms with Crippen molar-refractivity contribution in [1.29, 1.82) is 0 Å². The molecule has 0 heterocycles. The van der Waals surface area contributed by atoms with Crippen LogP contribution in [0, 0.1) is 0 Å². The van der Waals surface area contributed by atoms with E-state index in [2.05, 4.69) is 20.8 Å². The lowest BCUT2D eigenvalue weighted by molar-refractivity contribution is 0.0697. The number of carboxylic acids is 1. The Morgan fingerprint density at radius 1 is 1.04 bits per heavy atom. The molecule has 2 aromatic rings. The van der Waals surface area contributed by atoms with Gasteiger partial charge in [-0.3, -0.25) is 0 Å². The summed E-state index contributed by atoms with van der Waals surface area (Å²) in [6.45, 7) is 7.07. The quantitative estimate of drug-likeness (QED) is 0.479. The van der Waals surface area contributed by atoms with Crippen LogP contribution in [-0.4, -0.2) is 23.8 Å². The molecule has 4 nitrogen and oxygen atoms in total. The van der Waals surface area contributed by atoms with Gasteiger partial charge < -0.3 is 14.6 Å². The normalized spacial score (nSPS) is 11.8. The van der Waals surface area contributed by atoms with Crippen molar-refractivity contribution in [1.82, 2.24) is 0 Å². The Hall–Kier alpha value is -2.49. The largest absolute Gasteiger partial charge is 0.493 e. The summed E-state index contributed by atoms with van der Waals surface area (Å²) in [4.78, 5) is 11.1. The second-order valence-electron chi connectivity index (χ2n) is 6.68. The maximum atomic E-state index is 11.1. The van der Waals surface area contributed by atoms with E-state index in [0.29, 0.717) is 6.61 Å². The van der Waals surface area contributed by atoms with Crippen molar-refractivity contribution in [3.8, 4) is 22.6 Å². The van der Waals surface area contributed by atoms with Gasteiger partial charge in [0.1, 0.15) is 11.5 Å². The highest BCUT2D eigenvalue weighted by atomic mass is 16.5. The first-order chi connectivity index (χ1) is 13.1. The lowest BCUT2D eigenvalue weighted by Gasteiger charge is -2.19. The summed E-state index contributed by atoms with van der Waals surface area (Å²) in [5, 5.41) is 9.09. The van der Waals surface area contributed by atoms with Gasteiger partial charge in [-0.05, 0) is 49.1 Å². The molecule has 2 rings (SSSR count). The second-order valence-corrected chi connectivity index (χ2v) is 6.68. The first kappa shape index (κ1) is 20.8. The van der Waals surface area contributed by atoms with E-state index in [4.69, 9.17) is 14.6 Å². The average molecular weight is 370 g/mol. The number of carbonyl (C=O) groups is 1. The molecule has 0 amide bonds. The molecule has 0 spiro atoms. The standard InChI is InChI=1S/C23H30O4/c1-4-7-15-26-22-16-20(27-19(6-3)8-5-2)13-14-21(22)17-9-11-18(12-10-17)23(24)25/h9-14,16,19H,4-8,15H2,1-3H3,(H,24,25). The molecule has 0 fully saturated rings. The molecule has 0 aliphatic heterocycles. The van der Waals surface area contributed by atoms with Crippen LogP contribution in [0.2, 0.25) is 0 Å². The predicted molar refractivity (Wildman–Crippen MR) is 109 cm³/mol. The molecule has 4 heteroatoms. The van der Waals surface area contributed by atoms with Crippen LogP contribution in [0.15, 0.2) is 42.5 Å². The minimum atomic E-state index is -0.925. The first-order valence-corrected chi connectivity index (χ1v) is 9.86. The van der Waals surface area contributed by atoms with Gasteiger partial charge in [0, 0.05) is 11.6 Å². The van der Waals surface area contributed by atoms with Crippen molar-refractivity contribution in [2.24, 2.45) is 0 Å². The summed E-state index contributed by atoms with van der Waals surface area (Å²) in [6.07, 6.45) is 5.34. The fourth-order valence-electron chi connectivity index (χ4n) is 2.91. The Bertz CT molecular complexity index is 722. The van der Waals surface area contributed by atoms with Crippen molar-refractivity contribution in [3.63, 3.8) is 0 Å². The third kappa shape index (κ3) is 6.02. The molecule has 146 valence electrons. The highest BCUT2D eigenvalue weighted by molar-refractivity contribution is 5.88. The summed E-state index contributed by atoms with van der Waals surface area (Å²) >= 11 is 0. The Morgan fingerprint density at radius 3 is 2.37 bits per heavy atom. The molecule has 1 unspecified atom stereocenters. The van der Waals surface area contributed by atoms with Gasteiger partial charge in [-0.25, -0.2) is 4.79 Å². The molecule has 2 aromatic carbocycles. The van der Waals surface area contributed by atoms with Gasteiger partial charge >= 0.3 is 5.97 Å². The van der Waals surface area contributed by atoms with E-state index < -0.39 is 5.97 Å². The van der Waals surface area contributed by atoms with E-state index in [1.165, 1.54) is 0 Å². The van der Waals surface area contributed by atoms with Gasteiger partial charge in [-0.15, -0.1) is 0 Å². The fraction of sp³-hybridized carbons (Fsp3) is 0.435. The van der Waals surface area contributed by atoms with Crippen LogP contribution in [0.3, 0.4) is 0 Å². The predicted octanol–water partition coefficient (Wildman–Crippen LogP) is 6.19. The van der Waals surface area contributed by atoms with Gasteiger partial charge in [0.2, 0.25) is 0 Å². The zero-order chi connectivity index (χ0) is 19.6. The van der Waals surface area contributed by atoms with Crippen LogP contribution in [-0.2, 0) is 0 Å². The molecule has 27 heavy (non-hydrogen) atoms. The van der Waals surface area contributed by atoms with E-state index in [0.717, 1.165) is 54.7 Å². The van der Waals surface area contributed by atoms with E-state index in [-0.39, 0.29) is 11.7 Å². The average Bonchev–Trinajstić information content (AvgIpc) is 2.68. The summed E-state index contributed by atoms with van der Waals surface area (Å²) in [5.41, 5.74) is 2.15. The molecule has 0 aromatic heterocycles. The number of unbranched alkanes of at least 4 members (excludes halogenated alkanes) is 1. The first-order valence-electron chi connectivity index (χ1n) is 9.86. The minimum Gasteiger partial charge on any atom is -0.493 e. The fourth-order valence-corrected chi connectivity index (χ4v) is 2.91. The van der Waals surface area contributed by atoms with E-state index in [9.17, 15) is 4.79 Å². The minimum absolute atomic E-state index is 0.208. The van der Waals surface area contributed by atoms with Crippen molar-refractivity contribution < 1.29 is 19.4 Å². The number of carboxylic acid groups (broad SMARTS) is 1. The maximum absolute atomic E-state index is 11.1. The van der Waals surface area contributed by atoms with Crippen molar-refractivity contribution in [2.75, 3.05) is 6.61 Å². The highest BCUT2D eigenvalue weighted by Crippen LogP contribution is 2.34. The molecule has 0 saturated carbocycles. The maximum Gasteiger partial charge on any atom is 0.335 e. The lowest BCUT2D eigenvalue weighted by atomic mass is 10.0. The zero-order valence-electron chi connectivity index (χ0n) is 16.5. The van der Waals surface area contributed by atoms with Crippen molar-refractivity contribution in [2.45, 2.75) is 59.0 Å². The van der Waals surface area contributed by atoms with Crippen LogP contribution in [0.1, 0.15) is 63.2 Å². The van der Waals surface area contributed by atoms with E-state index >= 15 is 0 Å². The Balaban J connectivity index is 2.30. The van der Waals surface area contributed by atoms with E-state index in [1.807, 2.05) is 30.3 Å². The number of benzene rings is 2. The van der Waals surface area contributed by atoms with Crippen LogP contribution in [0.25, 0.3) is 11.1 Å². The van der Waals surface area contributed by atoms with Gasteiger partial charge in [-0.1, -0.05) is 45.7 Å². The van der Waals surface area contributed by atoms with E-state index in [1.54, 1.807) is 12.1 Å². The Kier molecular flexibility index (Phi) is 8.18. The van der Waals surface area contributed by atoms with Crippen LogP contribution in [0.4, 0.5) is 0 Å². The van der Waals surface area contributed by atoms with Crippen LogP contribution < -0.4 is 9.47 Å². The van der Waals surface area contributed by atoms with Crippen molar-refractivity contribution in [3.05, 3.63) is 48.0 Å². The third-order valence-electron chi connectivity index (χ3n) is 4.52. The summed E-state index contributed by atoms with van der Waals surface area (Å²) in [6, 6.07) is 12.8. The van der Waals surface area contributed by atoms with Gasteiger partial charge in [0.25, 0.3) is 0 Å². The van der Waals surface area contributed by atoms with Crippen molar-refractivity contribution >= 4 is 5.97 Å². The monoisotopic (exact) mass is 370 g/mol. The molecule has 0 bridgehead atoms. The molecule has 0 aliphatic rings. The molecule has 1 N–H and O–H groups in total. The summed E-state index contributed by atoms with van der Waals surface area (Å²) in [7, 11) is 0. The topological polar surface area (TPSA) is 55.8 Å². The number of hydrogen-bond donors (Lipinski definition) is 1. The third-order valence-corrected chi connectivity index (χ3v) is 4.52. The van der Waals surface area contributed by atoms with Gasteiger partial charge in [0.05, 0.1) is 18.3 Å². The number of rotatable bonds is 11. The van der Waals surface area contributed by atoms with Crippen LogP contribution >= 0.6 is 0 Å². The Morgan fingerprint density at radius 2 is 1.78 bits per heavy atom. The molecule has 0 aliphatic carbocycles. The van der Waals surface area contributed by atoms with Gasteiger partial charge in [-0.2, -0.15) is 0 Å². The second kappa shape index (κ2) is 10.6. The molecule has 1 atom stereocenters.